The highest BCUT2D eigenvalue weighted by molar-refractivity contribution is 7.92. The quantitative estimate of drug-likeness (QED) is 0.397. The van der Waals surface area contributed by atoms with Crippen LogP contribution in [0.3, 0.4) is 0 Å². The van der Waals surface area contributed by atoms with Crippen LogP contribution in [0.2, 0.25) is 0 Å². The molecule has 33 heavy (non-hydrogen) atoms. The molecule has 0 spiro atoms. The topological polar surface area (TPSA) is 116 Å². The van der Waals surface area contributed by atoms with Crippen LogP contribution in [0, 0.1) is 13.8 Å². The van der Waals surface area contributed by atoms with Gasteiger partial charge in [0.15, 0.2) is 0 Å². The molecule has 0 atom stereocenters. The van der Waals surface area contributed by atoms with Gasteiger partial charge in [-0.3, -0.25) is 9.52 Å². The van der Waals surface area contributed by atoms with Gasteiger partial charge in [-0.15, -0.1) is 0 Å². The Kier molecular flexibility index (Phi) is 7.68. The first-order chi connectivity index (χ1) is 15.7. The van der Waals surface area contributed by atoms with E-state index in [4.69, 9.17) is 0 Å². The van der Waals surface area contributed by atoms with Gasteiger partial charge in [0.2, 0.25) is 5.91 Å². The van der Waals surface area contributed by atoms with E-state index in [2.05, 4.69) is 20.7 Å². The highest BCUT2D eigenvalue weighted by Gasteiger charge is 2.16. The summed E-state index contributed by atoms with van der Waals surface area (Å²) >= 11 is 0. The summed E-state index contributed by atoms with van der Waals surface area (Å²) in [5, 5.41) is 7.96. The van der Waals surface area contributed by atoms with E-state index in [1.807, 2.05) is 38.1 Å². The maximum Gasteiger partial charge on any atom is 0.319 e. The zero-order valence-electron chi connectivity index (χ0n) is 18.4. The highest BCUT2D eigenvalue weighted by Crippen LogP contribution is 2.24. The van der Waals surface area contributed by atoms with Crippen molar-refractivity contribution < 1.29 is 18.0 Å². The largest absolute Gasteiger partial charge is 0.337 e. The van der Waals surface area contributed by atoms with Gasteiger partial charge >= 0.3 is 6.03 Å². The number of para-hydroxylation sites is 2. The Morgan fingerprint density at radius 2 is 1.36 bits per heavy atom. The Hall–Kier alpha value is -3.85. The fraction of sp³-hybridized carbons (Fsp3) is 0.167. The smallest absolute Gasteiger partial charge is 0.319 e. The van der Waals surface area contributed by atoms with E-state index in [1.54, 1.807) is 24.3 Å². The number of nitrogens with one attached hydrogen (secondary N) is 4. The molecule has 8 nitrogen and oxygen atoms in total. The van der Waals surface area contributed by atoms with E-state index in [0.29, 0.717) is 17.1 Å². The van der Waals surface area contributed by atoms with E-state index in [1.165, 1.54) is 24.3 Å². The van der Waals surface area contributed by atoms with Gasteiger partial charge in [-0.1, -0.05) is 36.4 Å². The van der Waals surface area contributed by atoms with Crippen LogP contribution >= 0.6 is 0 Å². The summed E-state index contributed by atoms with van der Waals surface area (Å²) in [6, 6.07) is 20.0. The second kappa shape index (κ2) is 10.6. The Bertz CT molecular complexity index is 1210. The van der Waals surface area contributed by atoms with Crippen molar-refractivity contribution in [3.8, 4) is 0 Å². The molecule has 0 saturated heterocycles. The van der Waals surface area contributed by atoms with Gasteiger partial charge in [0.05, 0.1) is 10.6 Å². The zero-order valence-corrected chi connectivity index (χ0v) is 19.2. The summed E-state index contributed by atoms with van der Waals surface area (Å²) in [6.45, 7) is 3.82. The number of hydrogen-bond acceptors (Lipinski definition) is 4. The van der Waals surface area contributed by atoms with Crippen LogP contribution in [0.5, 0.6) is 0 Å². The average Bonchev–Trinajstić information content (AvgIpc) is 2.77. The minimum atomic E-state index is -3.77. The van der Waals surface area contributed by atoms with E-state index in [-0.39, 0.29) is 23.8 Å². The summed E-state index contributed by atoms with van der Waals surface area (Å²) in [5.74, 6) is -0.306. The standard InChI is InChI=1S/C24H26N4O4S/c1-17-7-6-8-18(2)23(17)28-33(31,32)21-13-11-20(12-14-21)26-22(29)15-16-25-24(30)27-19-9-4-3-5-10-19/h3-14,28H,15-16H2,1-2H3,(H,26,29)(H2,25,27,30). The molecule has 0 aliphatic rings. The van der Waals surface area contributed by atoms with Crippen molar-refractivity contribution >= 4 is 39.0 Å². The number of amides is 3. The Morgan fingerprint density at radius 1 is 0.758 bits per heavy atom. The number of urea groups is 1. The van der Waals surface area contributed by atoms with Crippen LogP contribution in [-0.2, 0) is 14.8 Å². The van der Waals surface area contributed by atoms with Crippen LogP contribution in [0.4, 0.5) is 21.9 Å². The summed E-state index contributed by atoms with van der Waals surface area (Å²) < 4.78 is 28.1. The van der Waals surface area contributed by atoms with Gasteiger partial charge in [-0.05, 0) is 61.4 Å². The van der Waals surface area contributed by atoms with Gasteiger partial charge in [0, 0.05) is 24.3 Å². The summed E-state index contributed by atoms with van der Waals surface area (Å²) in [6.07, 6.45) is 0.0658. The fourth-order valence-corrected chi connectivity index (χ4v) is 4.30. The minimum absolute atomic E-state index is 0.0658. The SMILES string of the molecule is Cc1cccc(C)c1NS(=O)(=O)c1ccc(NC(=O)CCNC(=O)Nc2ccccc2)cc1. The second-order valence-corrected chi connectivity index (χ2v) is 9.12. The number of aryl methyl sites for hydroxylation is 2. The number of carbonyl (C=O) groups is 2. The highest BCUT2D eigenvalue weighted by atomic mass is 32.2. The molecule has 0 fully saturated rings. The fourth-order valence-electron chi connectivity index (χ4n) is 3.10. The third kappa shape index (κ3) is 6.81. The molecule has 0 radical (unpaired) electrons. The molecule has 0 aliphatic carbocycles. The van der Waals surface area contributed by atoms with Gasteiger partial charge in [0.1, 0.15) is 0 Å². The van der Waals surface area contributed by atoms with Crippen molar-refractivity contribution in [2.24, 2.45) is 0 Å². The van der Waals surface area contributed by atoms with Gasteiger partial charge < -0.3 is 16.0 Å². The van der Waals surface area contributed by atoms with Crippen molar-refractivity contribution in [3.05, 3.63) is 83.9 Å². The lowest BCUT2D eigenvalue weighted by Gasteiger charge is -2.13. The third-order valence-electron chi connectivity index (χ3n) is 4.84. The Morgan fingerprint density at radius 3 is 2.00 bits per heavy atom. The number of benzene rings is 3. The van der Waals surface area contributed by atoms with Crippen molar-refractivity contribution in [2.75, 3.05) is 21.9 Å². The molecule has 3 amide bonds. The summed E-state index contributed by atoms with van der Waals surface area (Å²) in [7, 11) is -3.77. The van der Waals surface area contributed by atoms with Crippen molar-refractivity contribution in [1.82, 2.24) is 5.32 Å². The monoisotopic (exact) mass is 466 g/mol. The molecule has 4 N–H and O–H groups in total. The molecule has 0 heterocycles. The van der Waals surface area contributed by atoms with E-state index >= 15 is 0 Å². The predicted molar refractivity (Wildman–Crippen MR) is 130 cm³/mol. The normalized spacial score (nSPS) is 10.8. The molecule has 0 aliphatic heterocycles. The first-order valence-electron chi connectivity index (χ1n) is 10.3. The molecule has 3 aromatic rings. The van der Waals surface area contributed by atoms with Crippen LogP contribution in [0.1, 0.15) is 17.5 Å². The lowest BCUT2D eigenvalue weighted by atomic mass is 10.1. The lowest BCUT2D eigenvalue weighted by Crippen LogP contribution is -2.31. The number of carbonyl (C=O) groups excluding carboxylic acids is 2. The maximum absolute atomic E-state index is 12.7. The number of anilines is 3. The van der Waals surface area contributed by atoms with E-state index in [0.717, 1.165) is 11.1 Å². The van der Waals surface area contributed by atoms with Gasteiger partial charge in [-0.2, -0.15) is 0 Å². The molecule has 0 unspecified atom stereocenters. The van der Waals surface area contributed by atoms with Gasteiger partial charge in [-0.25, -0.2) is 13.2 Å². The number of rotatable bonds is 8. The van der Waals surface area contributed by atoms with Gasteiger partial charge in [0.25, 0.3) is 10.0 Å². The Labute approximate surface area is 193 Å². The molecule has 172 valence electrons. The molecule has 0 bridgehead atoms. The van der Waals surface area contributed by atoms with Crippen LogP contribution in [-0.4, -0.2) is 26.9 Å². The van der Waals surface area contributed by atoms with Crippen molar-refractivity contribution in [1.29, 1.82) is 0 Å². The lowest BCUT2D eigenvalue weighted by molar-refractivity contribution is -0.116. The second-order valence-electron chi connectivity index (χ2n) is 7.44. The molecule has 0 aromatic heterocycles. The van der Waals surface area contributed by atoms with Crippen LogP contribution < -0.4 is 20.7 Å². The molecule has 3 rings (SSSR count). The predicted octanol–water partition coefficient (Wildman–Crippen LogP) is 4.25. The molecular weight excluding hydrogens is 440 g/mol. The molecule has 9 heteroatoms. The van der Waals surface area contributed by atoms with Crippen LogP contribution in [0.25, 0.3) is 0 Å². The number of sulfonamides is 1. The minimum Gasteiger partial charge on any atom is -0.337 e. The molecular formula is C24H26N4O4S. The van der Waals surface area contributed by atoms with E-state index in [9.17, 15) is 18.0 Å². The van der Waals surface area contributed by atoms with E-state index < -0.39 is 16.1 Å². The van der Waals surface area contributed by atoms with Crippen molar-refractivity contribution in [2.45, 2.75) is 25.2 Å². The average molecular weight is 467 g/mol. The third-order valence-corrected chi connectivity index (χ3v) is 6.20. The number of hydrogen-bond donors (Lipinski definition) is 4. The van der Waals surface area contributed by atoms with Crippen LogP contribution in [0.15, 0.2) is 77.7 Å². The summed E-state index contributed by atoms with van der Waals surface area (Å²) in [4.78, 5) is 24.1. The first-order valence-corrected chi connectivity index (χ1v) is 11.8. The zero-order chi connectivity index (χ0) is 23.8. The molecule has 0 saturated carbocycles. The first kappa shape index (κ1) is 23.8. The summed E-state index contributed by atoms with van der Waals surface area (Å²) in [5.41, 5.74) is 3.32. The Balaban J connectivity index is 1.50. The van der Waals surface area contributed by atoms with Crippen molar-refractivity contribution in [3.63, 3.8) is 0 Å². The molecule has 3 aromatic carbocycles. The maximum atomic E-state index is 12.7.